The summed E-state index contributed by atoms with van der Waals surface area (Å²) in [5, 5.41) is 17.6. The first-order valence-electron chi connectivity index (χ1n) is 34.7. The number of esters is 2. The molecule has 0 bridgehead atoms. The summed E-state index contributed by atoms with van der Waals surface area (Å²) in [7, 11) is 9.82. The molecule has 10 aromatic rings. The quantitative estimate of drug-likeness (QED) is 0.0249. The van der Waals surface area contributed by atoms with Crippen LogP contribution in [0.3, 0.4) is 0 Å². The monoisotopic (exact) mass is 1540 g/mol. The average molecular weight is 1550 g/mol. The van der Waals surface area contributed by atoms with E-state index in [-0.39, 0.29) is 87.2 Å². The van der Waals surface area contributed by atoms with E-state index in [1.165, 1.54) is 95.1 Å². The largest absolute Gasteiger partial charge is 1.00 e. The first kappa shape index (κ1) is 96.8. The second-order valence-corrected chi connectivity index (χ2v) is 24.5. The average Bonchev–Trinajstić information content (AvgIpc) is 0.791. The van der Waals surface area contributed by atoms with Gasteiger partial charge in [0.1, 0.15) is 40.5 Å². The van der Waals surface area contributed by atoms with Crippen LogP contribution < -0.4 is 10.6 Å². The van der Waals surface area contributed by atoms with Crippen LogP contribution >= 0.6 is 37.2 Å². The third-order valence-electron chi connectivity index (χ3n) is 16.1. The molecule has 10 rings (SSSR count). The van der Waals surface area contributed by atoms with Gasteiger partial charge in [-0.05, 0) is 202 Å². The Kier molecular flexibility index (Phi) is 49.6. The molecule has 0 aliphatic heterocycles. The molecule has 0 saturated carbocycles. The van der Waals surface area contributed by atoms with Crippen molar-refractivity contribution in [2.24, 2.45) is 0 Å². The van der Waals surface area contributed by atoms with Crippen LogP contribution in [0.5, 0.6) is 0 Å². The number of aliphatic hydroxyl groups is 1. The fourth-order valence-electron chi connectivity index (χ4n) is 10.9. The second-order valence-electron chi connectivity index (χ2n) is 24.5. The Labute approximate surface area is 657 Å². The number of carbonyl (C=O) groups excluding carboxylic acids is 2. The lowest BCUT2D eigenvalue weighted by Crippen LogP contribution is -2.33. The lowest BCUT2D eigenvalue weighted by Gasteiger charge is -2.31. The van der Waals surface area contributed by atoms with E-state index in [1.54, 1.807) is 55.5 Å². The number of hydrogen-bond donors (Lipinski definition) is 3. The molecule has 19 heteroatoms. The summed E-state index contributed by atoms with van der Waals surface area (Å²) in [6.07, 6.45) is 4.72. The number of carbonyl (C=O) groups is 2. The smallest absolute Gasteiger partial charge is 0.466 e. The third-order valence-corrected chi connectivity index (χ3v) is 16.1. The van der Waals surface area contributed by atoms with Crippen LogP contribution in [0.25, 0.3) is 5.57 Å². The van der Waals surface area contributed by atoms with Crippen molar-refractivity contribution in [1.82, 2.24) is 25.3 Å². The Morgan fingerprint density at radius 1 is 0.481 bits per heavy atom. The van der Waals surface area contributed by atoms with Crippen LogP contribution in [0, 0.1) is 34.9 Å². The molecule has 10 aromatic carbocycles. The molecule has 0 amide bonds. The summed E-state index contributed by atoms with van der Waals surface area (Å²) < 4.78 is 91.0. The van der Waals surface area contributed by atoms with Gasteiger partial charge in [-0.3, -0.25) is 9.69 Å². The van der Waals surface area contributed by atoms with Gasteiger partial charge >= 0.3 is 13.4 Å². The van der Waals surface area contributed by atoms with Gasteiger partial charge in [-0.25, -0.2) is 31.1 Å². The van der Waals surface area contributed by atoms with Crippen molar-refractivity contribution >= 4 is 54.7 Å². The van der Waals surface area contributed by atoms with Gasteiger partial charge in [0.05, 0.1) is 19.6 Å². The molecule has 0 aliphatic rings. The van der Waals surface area contributed by atoms with E-state index in [2.05, 4.69) is 73.0 Å². The fraction of sp³-hybridized carbons (Fsp3) is 0.258. The zero-order valence-electron chi connectivity index (χ0n) is 62.9. The number of likely N-dealkylation sites (N-methyl/N-ethyl adjacent to an activating group) is 1. The molecule has 0 radical (unpaired) electrons. The van der Waals surface area contributed by atoms with Gasteiger partial charge in [0.15, 0.2) is 0 Å². The first-order valence-corrected chi connectivity index (χ1v) is 34.7. The zero-order chi connectivity index (χ0) is 75.3. The molecule has 0 aliphatic carbocycles. The van der Waals surface area contributed by atoms with Crippen molar-refractivity contribution in [2.45, 2.75) is 78.2 Å². The Morgan fingerprint density at radius 2 is 0.852 bits per heavy atom. The Bertz CT molecular complexity index is 3990. The highest BCUT2D eigenvalue weighted by molar-refractivity contribution is 5.86. The molecule has 0 saturated heterocycles. The van der Waals surface area contributed by atoms with Crippen LogP contribution in [-0.4, -0.2) is 106 Å². The Balaban J connectivity index is 0.00000133. The minimum atomic E-state index is -1.48. The lowest BCUT2D eigenvalue weighted by molar-refractivity contribution is -0.143. The van der Waals surface area contributed by atoms with Gasteiger partial charge in [0.25, 0.3) is 0 Å². The van der Waals surface area contributed by atoms with Crippen LogP contribution in [0.4, 0.5) is 26.3 Å². The van der Waals surface area contributed by atoms with Crippen molar-refractivity contribution < 1.29 is 51.9 Å². The maximum absolute atomic E-state index is 13.8. The molecule has 108 heavy (non-hydrogen) atoms. The first-order chi connectivity index (χ1) is 50.2. The summed E-state index contributed by atoms with van der Waals surface area (Å²) >= 11 is 0. The number of hydrogen-bond acceptors (Lipinski definition) is 10. The summed E-state index contributed by atoms with van der Waals surface area (Å²) in [5.41, 5.74) is 8.39. The zero-order valence-corrected chi connectivity index (χ0v) is 64.4. The van der Waals surface area contributed by atoms with Gasteiger partial charge in [0, 0.05) is 57.8 Å². The minimum absolute atomic E-state index is 0. The number of benzene rings is 10. The van der Waals surface area contributed by atoms with Crippen molar-refractivity contribution in [2.75, 3.05) is 74.6 Å². The van der Waals surface area contributed by atoms with E-state index in [9.17, 15) is 41.0 Å². The molecule has 0 fully saturated rings. The number of ether oxygens (including phenoxy) is 2. The predicted octanol–water partition coefficient (Wildman–Crippen LogP) is 20.2. The summed E-state index contributed by atoms with van der Waals surface area (Å²) in [6.45, 7) is 13.7. The number of nitrogens with one attached hydrogen (secondary N) is 2. The molecule has 580 valence electrons. The highest BCUT2D eigenvalue weighted by Crippen LogP contribution is 2.35. The SMILES string of the molecule is C.C=CC(=O)OCC.CCOC(=O)CCN(C)Cc1ccccc1.CN(CC=C(c1cccc(F)c1)c1cccc(F)c1)Cc1ccccc1.CN(CCC(O)(c1cccc(F)c1)c1cccc(F)c1)Cc1ccccc1.CNCCC(c1cccc(F)c1)c1cccc(F)c1.CNCc1ccccc1.Cl.Cl.Cl.[H+]. The summed E-state index contributed by atoms with van der Waals surface area (Å²) in [4.78, 5) is 27.6. The van der Waals surface area contributed by atoms with Crippen molar-refractivity contribution in [1.29, 1.82) is 0 Å². The van der Waals surface area contributed by atoms with Gasteiger partial charge in [-0.15, -0.1) is 37.2 Å². The molecule has 10 nitrogen and oxygen atoms in total. The second kappa shape index (κ2) is 55.3. The highest BCUT2D eigenvalue weighted by Gasteiger charge is 2.32. The number of rotatable bonds is 28. The van der Waals surface area contributed by atoms with Gasteiger partial charge < -0.3 is 35.0 Å². The lowest BCUT2D eigenvalue weighted by atomic mass is 9.83. The topological polar surface area (TPSA) is 107 Å². The van der Waals surface area contributed by atoms with E-state index in [0.717, 1.165) is 79.6 Å². The normalized spacial score (nSPS) is 10.3. The van der Waals surface area contributed by atoms with Crippen LogP contribution in [0.15, 0.2) is 286 Å². The van der Waals surface area contributed by atoms with E-state index in [4.69, 9.17) is 4.74 Å². The van der Waals surface area contributed by atoms with E-state index >= 15 is 0 Å². The Hall–Kier alpha value is -9.17. The molecule has 0 heterocycles. The summed E-state index contributed by atoms with van der Waals surface area (Å²) in [5.74, 6) is -2.47. The Morgan fingerprint density at radius 3 is 1.21 bits per heavy atom. The standard InChI is InChI=1S/C23H23F2NO.C23H21F2N.C16H17F2N.C13H19NO2.C8H11N.C5H8O2.CH4.3ClH/c1-26(17-18-7-3-2-4-8-18)14-13-23(27,19-9-5-11-21(24)15-19)20-10-6-12-22(25)16-20;1-26(17-18-7-3-2-4-8-18)14-13-23(19-9-5-11-21(24)15-19)20-10-6-12-22(25)16-20;1-19-9-8-16(12-4-2-6-14(17)10-12)13-5-3-7-15(18)11-13;1-3-16-13(15)9-10-14(2)11-12-7-5-4-6-8-12;1-9-7-8-5-3-2-4-6-8;1-3-5(6)7-4-2;;;;/h2-12,15-16,27H,13-14,17H2,1H3;2-13,15-16H,14,17H2,1H3;2-7,10-11,16,19H,8-9H2,1H3;4-8H,3,9-11H2,1-2H3;2-6,9H,7H2,1H3;3H,1,4H2,2H3;1H4;3*1H/p+1. The molecule has 0 spiro atoms. The van der Waals surface area contributed by atoms with E-state index in [0.29, 0.717) is 50.3 Å². The molecule has 3 N–H and O–H groups in total. The van der Waals surface area contributed by atoms with Crippen LogP contribution in [-0.2, 0) is 50.8 Å². The van der Waals surface area contributed by atoms with Crippen molar-refractivity contribution in [3.63, 3.8) is 0 Å². The van der Waals surface area contributed by atoms with Gasteiger partial charge in [-0.2, -0.15) is 0 Å². The predicted molar refractivity (Wildman–Crippen MR) is 439 cm³/mol. The van der Waals surface area contributed by atoms with Crippen LogP contribution in [0.2, 0.25) is 0 Å². The maximum Gasteiger partial charge on any atom is 1.00 e. The third kappa shape index (κ3) is 37.6. The number of nitrogens with zero attached hydrogens (tertiary/aromatic N) is 3. The molecule has 0 aromatic heterocycles. The maximum atomic E-state index is 13.8. The van der Waals surface area contributed by atoms with Crippen LogP contribution in [0.1, 0.15) is 104 Å². The van der Waals surface area contributed by atoms with Gasteiger partial charge in [0.2, 0.25) is 0 Å². The molecule has 0 atom stereocenters. The van der Waals surface area contributed by atoms with Crippen molar-refractivity contribution in [3.8, 4) is 0 Å². The fourth-order valence-corrected chi connectivity index (χ4v) is 10.9. The highest BCUT2D eigenvalue weighted by atomic mass is 35.5. The minimum Gasteiger partial charge on any atom is -0.466 e. The van der Waals surface area contributed by atoms with Gasteiger partial charge in [-0.1, -0.05) is 214 Å². The molecule has 0 unspecified atom stereocenters. The number of halogens is 9. The van der Waals surface area contributed by atoms with E-state index in [1.807, 2.05) is 157 Å². The molecular formula is C89H107Cl3F6N5O5+. The summed E-state index contributed by atoms with van der Waals surface area (Å²) in [6, 6.07) is 78.4. The molecular weight excluding hydrogens is 1440 g/mol. The van der Waals surface area contributed by atoms with E-state index < -0.39 is 17.2 Å². The van der Waals surface area contributed by atoms with Crippen molar-refractivity contribution in [3.05, 3.63) is 376 Å².